The minimum atomic E-state index is -0.984. The van der Waals surface area contributed by atoms with Gasteiger partial charge in [0.1, 0.15) is 0 Å². The molecule has 3 N–H and O–H groups in total. The number of carbonyl (C=O) groups excluding carboxylic acids is 1. The van der Waals surface area contributed by atoms with Gasteiger partial charge in [0.2, 0.25) is 0 Å². The molecule has 28 heavy (non-hydrogen) atoms. The van der Waals surface area contributed by atoms with Gasteiger partial charge in [-0.1, -0.05) is 27.2 Å². The van der Waals surface area contributed by atoms with Gasteiger partial charge < -0.3 is 10.4 Å². The average molecular weight is 390 g/mol. The fraction of sp³-hybridized carbons (Fsp3) is 0.526. The monoisotopic (exact) mass is 390 g/mol. The van der Waals surface area contributed by atoms with E-state index in [1.54, 1.807) is 6.92 Å². The first-order valence-corrected chi connectivity index (χ1v) is 9.39. The molecule has 2 heterocycles. The zero-order valence-corrected chi connectivity index (χ0v) is 16.5. The lowest BCUT2D eigenvalue weighted by atomic mass is 10.0. The van der Waals surface area contributed by atoms with Crippen LogP contribution in [0.5, 0.6) is 0 Å². The topological polar surface area (TPSA) is 134 Å². The summed E-state index contributed by atoms with van der Waals surface area (Å²) in [6.45, 7) is 7.61. The number of carbonyl (C=O) groups is 2. The average Bonchev–Trinajstić information content (AvgIpc) is 2.63. The molecule has 0 bridgehead atoms. The second kappa shape index (κ2) is 8.81. The first-order chi connectivity index (χ1) is 13.2. The number of carboxylic acids is 1. The van der Waals surface area contributed by atoms with Crippen LogP contribution in [0.15, 0.2) is 15.7 Å². The van der Waals surface area contributed by atoms with Gasteiger partial charge in [-0.15, -0.1) is 0 Å². The number of rotatable bonds is 8. The number of carboxylic acid groups (broad SMARTS) is 1. The molecule has 2 aromatic heterocycles. The fourth-order valence-corrected chi connectivity index (χ4v) is 3.03. The standard InChI is InChI=1S/C19H26N4O5/c1-5-7-11(18(26)27)9-20-16(24)12-8-13(10(3)4)21-15-14(12)17(25)22-19(28)23(15)6-2/h8,10-11H,5-7,9H2,1-4H3,(H,20,24)(H,26,27)(H,22,25,28). The molecule has 1 atom stereocenters. The molecule has 0 aliphatic rings. The van der Waals surface area contributed by atoms with E-state index in [-0.39, 0.29) is 35.6 Å². The Morgan fingerprint density at radius 1 is 1.29 bits per heavy atom. The molecule has 1 amide bonds. The molecule has 0 saturated heterocycles. The number of aromatic nitrogens is 3. The van der Waals surface area contributed by atoms with Gasteiger partial charge in [0, 0.05) is 18.8 Å². The van der Waals surface area contributed by atoms with E-state index in [1.165, 1.54) is 10.6 Å². The maximum Gasteiger partial charge on any atom is 0.329 e. The molecule has 9 heteroatoms. The van der Waals surface area contributed by atoms with Crippen molar-refractivity contribution in [2.45, 2.75) is 53.0 Å². The Labute approximate surface area is 161 Å². The van der Waals surface area contributed by atoms with Crippen LogP contribution in [0.1, 0.15) is 62.5 Å². The van der Waals surface area contributed by atoms with Crippen molar-refractivity contribution in [2.75, 3.05) is 6.54 Å². The van der Waals surface area contributed by atoms with Gasteiger partial charge in [-0.2, -0.15) is 0 Å². The van der Waals surface area contributed by atoms with Crippen LogP contribution in [0.2, 0.25) is 0 Å². The van der Waals surface area contributed by atoms with Crippen LogP contribution < -0.4 is 16.6 Å². The van der Waals surface area contributed by atoms with Crippen LogP contribution in [0.3, 0.4) is 0 Å². The number of aryl methyl sites for hydroxylation is 1. The second-order valence-electron chi connectivity index (χ2n) is 6.99. The summed E-state index contributed by atoms with van der Waals surface area (Å²) in [6, 6.07) is 1.53. The number of nitrogens with zero attached hydrogens (tertiary/aromatic N) is 2. The predicted octanol–water partition coefficient (Wildman–Crippen LogP) is 1.46. The van der Waals surface area contributed by atoms with Crippen LogP contribution >= 0.6 is 0 Å². The van der Waals surface area contributed by atoms with Crippen molar-refractivity contribution in [3.05, 3.63) is 38.2 Å². The zero-order valence-electron chi connectivity index (χ0n) is 16.5. The lowest BCUT2D eigenvalue weighted by Crippen LogP contribution is -2.35. The highest BCUT2D eigenvalue weighted by Crippen LogP contribution is 2.20. The molecule has 0 aliphatic carbocycles. The highest BCUT2D eigenvalue weighted by molar-refractivity contribution is 6.05. The van der Waals surface area contributed by atoms with Gasteiger partial charge >= 0.3 is 11.7 Å². The lowest BCUT2D eigenvalue weighted by Gasteiger charge is -2.15. The van der Waals surface area contributed by atoms with E-state index in [4.69, 9.17) is 0 Å². The Morgan fingerprint density at radius 2 is 1.96 bits per heavy atom. The van der Waals surface area contributed by atoms with Crippen molar-refractivity contribution in [1.82, 2.24) is 19.9 Å². The quantitative estimate of drug-likeness (QED) is 0.625. The summed E-state index contributed by atoms with van der Waals surface area (Å²) >= 11 is 0. The van der Waals surface area contributed by atoms with Crippen molar-refractivity contribution in [1.29, 1.82) is 0 Å². The Hall–Kier alpha value is -2.97. The molecular formula is C19H26N4O5. The molecule has 2 aromatic rings. The first-order valence-electron chi connectivity index (χ1n) is 9.39. The summed E-state index contributed by atoms with van der Waals surface area (Å²) in [5.74, 6) is -2.30. The highest BCUT2D eigenvalue weighted by atomic mass is 16.4. The highest BCUT2D eigenvalue weighted by Gasteiger charge is 2.22. The van der Waals surface area contributed by atoms with E-state index >= 15 is 0 Å². The fourth-order valence-electron chi connectivity index (χ4n) is 3.03. The molecule has 0 aliphatic heterocycles. The van der Waals surface area contributed by atoms with Crippen molar-refractivity contribution >= 4 is 22.9 Å². The van der Waals surface area contributed by atoms with Gasteiger partial charge in [-0.3, -0.25) is 23.9 Å². The molecule has 0 radical (unpaired) electrons. The van der Waals surface area contributed by atoms with E-state index in [2.05, 4.69) is 15.3 Å². The largest absolute Gasteiger partial charge is 0.481 e. The second-order valence-corrected chi connectivity index (χ2v) is 6.99. The molecule has 9 nitrogen and oxygen atoms in total. The van der Waals surface area contributed by atoms with E-state index in [9.17, 15) is 24.3 Å². The molecular weight excluding hydrogens is 364 g/mol. The Morgan fingerprint density at radius 3 is 2.50 bits per heavy atom. The third-order valence-corrected chi connectivity index (χ3v) is 4.62. The van der Waals surface area contributed by atoms with E-state index in [1.807, 2.05) is 20.8 Å². The number of H-pyrrole nitrogens is 1. The van der Waals surface area contributed by atoms with Crippen LogP contribution in [0.25, 0.3) is 11.0 Å². The van der Waals surface area contributed by atoms with Gasteiger partial charge in [-0.05, 0) is 25.3 Å². The molecule has 152 valence electrons. The maximum absolute atomic E-state index is 12.8. The van der Waals surface area contributed by atoms with E-state index in [0.29, 0.717) is 18.5 Å². The van der Waals surface area contributed by atoms with Gasteiger partial charge in [-0.25, -0.2) is 9.78 Å². The van der Waals surface area contributed by atoms with E-state index in [0.717, 1.165) is 0 Å². The van der Waals surface area contributed by atoms with Crippen LogP contribution in [-0.4, -0.2) is 38.1 Å². The number of fused-ring (bicyclic) bond motifs is 1. The Balaban J connectivity index is 2.59. The molecule has 0 saturated carbocycles. The van der Waals surface area contributed by atoms with Crippen molar-refractivity contribution in [3.8, 4) is 0 Å². The van der Waals surface area contributed by atoms with Gasteiger partial charge in [0.25, 0.3) is 11.5 Å². The van der Waals surface area contributed by atoms with Crippen LogP contribution in [0, 0.1) is 5.92 Å². The Bertz CT molecular complexity index is 1010. The summed E-state index contributed by atoms with van der Waals surface area (Å²) in [5, 5.41) is 11.9. The number of aromatic amines is 1. The van der Waals surface area contributed by atoms with Crippen molar-refractivity contribution in [2.24, 2.45) is 5.92 Å². The number of aliphatic carboxylic acids is 1. The van der Waals surface area contributed by atoms with Crippen LogP contribution in [-0.2, 0) is 11.3 Å². The van der Waals surface area contributed by atoms with Crippen molar-refractivity contribution in [3.63, 3.8) is 0 Å². The summed E-state index contributed by atoms with van der Waals surface area (Å²) < 4.78 is 1.30. The normalized spacial score (nSPS) is 12.3. The summed E-state index contributed by atoms with van der Waals surface area (Å²) in [7, 11) is 0. The number of hydrogen-bond acceptors (Lipinski definition) is 5. The Kier molecular flexibility index (Phi) is 6.71. The number of nitrogens with one attached hydrogen (secondary N) is 2. The smallest absolute Gasteiger partial charge is 0.329 e. The minimum absolute atomic E-state index is 0.0192. The summed E-state index contributed by atoms with van der Waals surface area (Å²) in [5.41, 5.74) is -0.489. The molecule has 1 unspecified atom stereocenters. The number of amides is 1. The van der Waals surface area contributed by atoms with Crippen molar-refractivity contribution < 1.29 is 14.7 Å². The summed E-state index contributed by atoms with van der Waals surface area (Å²) in [4.78, 5) is 55.3. The number of hydrogen-bond donors (Lipinski definition) is 3. The molecule has 0 aromatic carbocycles. The lowest BCUT2D eigenvalue weighted by molar-refractivity contribution is -0.141. The third kappa shape index (κ3) is 4.29. The summed E-state index contributed by atoms with van der Waals surface area (Å²) in [6.07, 6.45) is 1.10. The number of pyridine rings is 1. The van der Waals surface area contributed by atoms with Gasteiger partial charge in [0.15, 0.2) is 5.65 Å². The van der Waals surface area contributed by atoms with Crippen LogP contribution in [0.4, 0.5) is 0 Å². The minimum Gasteiger partial charge on any atom is -0.481 e. The first kappa shape index (κ1) is 21.3. The predicted molar refractivity (Wildman–Crippen MR) is 105 cm³/mol. The SMILES string of the molecule is CCCC(CNC(=O)c1cc(C(C)C)nc2c1c(=O)[nH]c(=O)n2CC)C(=O)O. The molecule has 2 rings (SSSR count). The molecule has 0 spiro atoms. The van der Waals surface area contributed by atoms with Gasteiger partial charge in [0.05, 0.1) is 16.9 Å². The zero-order chi connectivity index (χ0) is 21.0. The van der Waals surface area contributed by atoms with E-state index < -0.39 is 29.0 Å². The third-order valence-electron chi connectivity index (χ3n) is 4.62. The molecule has 0 fully saturated rings. The maximum atomic E-state index is 12.8.